The van der Waals surface area contributed by atoms with Gasteiger partial charge < -0.3 is 10.0 Å². The van der Waals surface area contributed by atoms with Crippen molar-refractivity contribution in [1.82, 2.24) is 9.80 Å². The number of carbonyl (C=O) groups excluding carboxylic acids is 1. The van der Waals surface area contributed by atoms with Gasteiger partial charge in [0, 0.05) is 37.8 Å². The zero-order valence-corrected chi connectivity index (χ0v) is 13.1. The summed E-state index contributed by atoms with van der Waals surface area (Å²) in [5.74, 6) is 0.143. The molecule has 1 aromatic carbocycles. The molecule has 1 atom stereocenters. The van der Waals surface area contributed by atoms with Crippen LogP contribution in [0, 0.1) is 0 Å². The number of nitrogens with zero attached hydrogens (tertiary/aromatic N) is 2. The quantitative estimate of drug-likeness (QED) is 0.899. The Labute approximate surface area is 127 Å². The molecule has 0 aliphatic carbocycles. The zero-order chi connectivity index (χ0) is 15.2. The van der Waals surface area contributed by atoms with Crippen molar-refractivity contribution in [3.8, 4) is 0 Å². The smallest absolute Gasteiger partial charge is 0.254 e. The molecule has 1 aliphatic rings. The van der Waals surface area contributed by atoms with E-state index < -0.39 is 0 Å². The van der Waals surface area contributed by atoms with Gasteiger partial charge in [-0.15, -0.1) is 0 Å². The van der Waals surface area contributed by atoms with E-state index in [1.807, 2.05) is 29.2 Å². The number of amides is 1. The van der Waals surface area contributed by atoms with E-state index in [2.05, 4.69) is 18.7 Å². The van der Waals surface area contributed by atoms with Crippen LogP contribution >= 0.6 is 0 Å². The second kappa shape index (κ2) is 7.57. The molecule has 0 unspecified atom stereocenters. The predicted molar refractivity (Wildman–Crippen MR) is 84.5 cm³/mol. The Morgan fingerprint density at radius 1 is 1.19 bits per heavy atom. The van der Waals surface area contributed by atoms with Gasteiger partial charge in [-0.3, -0.25) is 9.69 Å². The molecule has 1 heterocycles. The van der Waals surface area contributed by atoms with Crippen LogP contribution in [0.5, 0.6) is 0 Å². The molecule has 2 rings (SSSR count). The van der Waals surface area contributed by atoms with Crippen LogP contribution in [0.15, 0.2) is 24.3 Å². The van der Waals surface area contributed by atoms with Crippen LogP contribution in [0.4, 0.5) is 0 Å². The van der Waals surface area contributed by atoms with Crippen LogP contribution in [-0.4, -0.2) is 59.6 Å². The molecule has 21 heavy (non-hydrogen) atoms. The maximum Gasteiger partial charge on any atom is 0.254 e. The normalized spacial score (nSPS) is 17.8. The van der Waals surface area contributed by atoms with Gasteiger partial charge in [-0.2, -0.15) is 0 Å². The summed E-state index contributed by atoms with van der Waals surface area (Å²) in [4.78, 5) is 16.9. The number of hydrogen-bond acceptors (Lipinski definition) is 3. The summed E-state index contributed by atoms with van der Waals surface area (Å²) in [7, 11) is 0. The first-order valence-corrected chi connectivity index (χ1v) is 7.93. The van der Waals surface area contributed by atoms with Crippen LogP contribution < -0.4 is 0 Å². The van der Waals surface area contributed by atoms with E-state index in [0.29, 0.717) is 0 Å². The first kappa shape index (κ1) is 16.0. The Balaban J connectivity index is 2.00. The molecule has 1 amide bonds. The van der Waals surface area contributed by atoms with E-state index in [1.165, 1.54) is 0 Å². The van der Waals surface area contributed by atoms with Crippen molar-refractivity contribution in [1.29, 1.82) is 0 Å². The van der Waals surface area contributed by atoms with Crippen LogP contribution in [0.25, 0.3) is 0 Å². The molecule has 1 aliphatic heterocycles. The first-order valence-electron chi connectivity index (χ1n) is 7.93. The summed E-state index contributed by atoms with van der Waals surface area (Å²) < 4.78 is 0. The highest BCUT2D eigenvalue weighted by atomic mass is 16.3. The summed E-state index contributed by atoms with van der Waals surface area (Å²) in [6, 6.07) is 8.10. The molecule has 4 heteroatoms. The third kappa shape index (κ3) is 3.63. The van der Waals surface area contributed by atoms with E-state index >= 15 is 0 Å². The molecule has 1 aromatic rings. The van der Waals surface area contributed by atoms with Crippen molar-refractivity contribution in [3.63, 3.8) is 0 Å². The minimum Gasteiger partial charge on any atom is -0.395 e. The van der Waals surface area contributed by atoms with Crippen molar-refractivity contribution in [2.45, 2.75) is 32.7 Å². The third-order valence-corrected chi connectivity index (χ3v) is 4.43. The lowest BCUT2D eigenvalue weighted by Gasteiger charge is -2.38. The number of carbonyl (C=O) groups is 1. The summed E-state index contributed by atoms with van der Waals surface area (Å²) in [6.07, 6.45) is 1.83. The summed E-state index contributed by atoms with van der Waals surface area (Å²) in [6.45, 7) is 7.55. The number of rotatable bonds is 5. The van der Waals surface area contributed by atoms with Gasteiger partial charge in [0.05, 0.1) is 6.61 Å². The van der Waals surface area contributed by atoms with Crippen LogP contribution in [0.3, 0.4) is 0 Å². The lowest BCUT2D eigenvalue weighted by Crippen LogP contribution is -2.52. The molecule has 0 aromatic heterocycles. The van der Waals surface area contributed by atoms with Gasteiger partial charge in [0.1, 0.15) is 0 Å². The molecular formula is C17H26N2O2. The number of piperazine rings is 1. The van der Waals surface area contributed by atoms with Crippen molar-refractivity contribution < 1.29 is 9.90 Å². The molecule has 1 N–H and O–H groups in total. The minimum atomic E-state index is 0.143. The maximum atomic E-state index is 12.7. The van der Waals surface area contributed by atoms with Gasteiger partial charge in [0.2, 0.25) is 0 Å². The van der Waals surface area contributed by atoms with Crippen molar-refractivity contribution in [3.05, 3.63) is 35.4 Å². The monoisotopic (exact) mass is 290 g/mol. The SMILES string of the molecule is CCc1ccccc1C(=O)N1CCN([C@@H](CC)CO)CC1. The lowest BCUT2D eigenvalue weighted by molar-refractivity contribution is 0.0471. The van der Waals surface area contributed by atoms with Crippen molar-refractivity contribution in [2.24, 2.45) is 0 Å². The number of aryl methyl sites for hydroxylation is 1. The number of aliphatic hydroxyl groups is 1. The van der Waals surface area contributed by atoms with Crippen molar-refractivity contribution in [2.75, 3.05) is 32.8 Å². The second-order valence-electron chi connectivity index (χ2n) is 5.58. The van der Waals surface area contributed by atoms with Gasteiger partial charge >= 0.3 is 0 Å². The Bertz CT molecular complexity index is 464. The van der Waals surface area contributed by atoms with Crippen LogP contribution in [0.1, 0.15) is 36.2 Å². The molecule has 4 nitrogen and oxygen atoms in total. The number of hydrogen-bond donors (Lipinski definition) is 1. The largest absolute Gasteiger partial charge is 0.395 e. The predicted octanol–water partition coefficient (Wildman–Crippen LogP) is 1.78. The Kier molecular flexibility index (Phi) is 5.76. The molecule has 0 spiro atoms. The highest BCUT2D eigenvalue weighted by Gasteiger charge is 2.26. The van der Waals surface area contributed by atoms with E-state index in [0.717, 1.165) is 50.1 Å². The van der Waals surface area contributed by atoms with Gasteiger partial charge in [0.25, 0.3) is 5.91 Å². The summed E-state index contributed by atoms with van der Waals surface area (Å²) >= 11 is 0. The van der Waals surface area contributed by atoms with Crippen LogP contribution in [0.2, 0.25) is 0 Å². The standard InChI is InChI=1S/C17H26N2O2/c1-3-14-7-5-6-8-16(14)17(21)19-11-9-18(10-12-19)15(4-2)13-20/h5-8,15,20H,3-4,9-13H2,1-2H3/t15-/m0/s1. The average Bonchev–Trinajstić information content (AvgIpc) is 2.56. The fourth-order valence-corrected chi connectivity index (χ4v) is 3.00. The average molecular weight is 290 g/mol. The molecule has 1 saturated heterocycles. The van der Waals surface area contributed by atoms with Gasteiger partial charge in [-0.1, -0.05) is 32.0 Å². The minimum absolute atomic E-state index is 0.143. The third-order valence-electron chi connectivity index (χ3n) is 4.43. The number of aliphatic hydroxyl groups excluding tert-OH is 1. The van der Waals surface area contributed by atoms with E-state index in [9.17, 15) is 9.90 Å². The highest BCUT2D eigenvalue weighted by molar-refractivity contribution is 5.95. The first-order chi connectivity index (χ1) is 10.2. The topological polar surface area (TPSA) is 43.8 Å². The van der Waals surface area contributed by atoms with Crippen LogP contribution in [-0.2, 0) is 6.42 Å². The lowest BCUT2D eigenvalue weighted by atomic mass is 10.0. The Morgan fingerprint density at radius 2 is 1.86 bits per heavy atom. The molecule has 0 radical (unpaired) electrons. The maximum absolute atomic E-state index is 12.7. The van der Waals surface area contributed by atoms with Crippen molar-refractivity contribution >= 4 is 5.91 Å². The fourth-order valence-electron chi connectivity index (χ4n) is 3.00. The molecule has 0 saturated carbocycles. The van der Waals surface area contributed by atoms with Gasteiger partial charge in [0.15, 0.2) is 0 Å². The Morgan fingerprint density at radius 3 is 2.43 bits per heavy atom. The fraction of sp³-hybridized carbons (Fsp3) is 0.588. The van der Waals surface area contributed by atoms with E-state index in [4.69, 9.17) is 0 Å². The molecular weight excluding hydrogens is 264 g/mol. The highest BCUT2D eigenvalue weighted by Crippen LogP contribution is 2.15. The zero-order valence-electron chi connectivity index (χ0n) is 13.1. The summed E-state index contributed by atoms with van der Waals surface area (Å²) in [5, 5.41) is 9.38. The number of benzene rings is 1. The Hall–Kier alpha value is -1.39. The van der Waals surface area contributed by atoms with Gasteiger partial charge in [-0.25, -0.2) is 0 Å². The summed E-state index contributed by atoms with van der Waals surface area (Å²) in [5.41, 5.74) is 1.95. The van der Waals surface area contributed by atoms with E-state index in [-0.39, 0.29) is 18.6 Å². The van der Waals surface area contributed by atoms with E-state index in [1.54, 1.807) is 0 Å². The molecule has 1 fully saturated rings. The van der Waals surface area contributed by atoms with Gasteiger partial charge in [-0.05, 0) is 24.5 Å². The second-order valence-corrected chi connectivity index (χ2v) is 5.58. The molecule has 116 valence electrons. The molecule has 0 bridgehead atoms.